The molecule has 0 N–H and O–H groups in total. The molecule has 88 valence electrons. The monoisotopic (exact) mass is 230 g/mol. The average molecular weight is 230 g/mol. The molecule has 2 aromatic rings. The van der Waals surface area contributed by atoms with E-state index >= 15 is 0 Å². The third-order valence-corrected chi connectivity index (χ3v) is 2.91. The van der Waals surface area contributed by atoms with Gasteiger partial charge >= 0.3 is 5.82 Å². The predicted molar refractivity (Wildman–Crippen MR) is 60.2 cm³/mol. The summed E-state index contributed by atoms with van der Waals surface area (Å²) in [7, 11) is 1.69. The summed E-state index contributed by atoms with van der Waals surface area (Å²) in [5.41, 5.74) is 1.06. The van der Waals surface area contributed by atoms with Gasteiger partial charge in [0.15, 0.2) is 5.97 Å². The topological polar surface area (TPSA) is 48.9 Å². The van der Waals surface area contributed by atoms with Crippen LogP contribution in [-0.4, -0.2) is 10.5 Å². The van der Waals surface area contributed by atoms with Crippen LogP contribution in [0.4, 0.5) is 0 Å². The Morgan fingerprint density at radius 3 is 2.59 bits per heavy atom. The van der Waals surface area contributed by atoms with Crippen LogP contribution in [0.25, 0.3) is 0 Å². The predicted octanol–water partition coefficient (Wildman–Crippen LogP) is 0.285. The summed E-state index contributed by atoms with van der Waals surface area (Å²) < 4.78 is 3.25. The number of rotatable bonds is 3. The number of imidazole rings is 1. The number of aromatic carboxylic acids is 1. The Labute approximate surface area is 99.8 Å². The van der Waals surface area contributed by atoms with Crippen molar-refractivity contribution in [3.05, 3.63) is 54.1 Å². The van der Waals surface area contributed by atoms with Crippen LogP contribution in [0.3, 0.4) is 0 Å². The number of aromatic nitrogens is 2. The molecule has 0 fully saturated rings. The highest BCUT2D eigenvalue weighted by molar-refractivity contribution is 5.79. The van der Waals surface area contributed by atoms with Crippen molar-refractivity contribution >= 4 is 5.97 Å². The second kappa shape index (κ2) is 4.41. The number of carbonyl (C=O) groups excluding carboxylic acids is 1. The zero-order valence-electron chi connectivity index (χ0n) is 9.83. The normalized spacial score (nSPS) is 12.4. The van der Waals surface area contributed by atoms with E-state index in [9.17, 15) is 9.90 Å². The van der Waals surface area contributed by atoms with E-state index in [0.29, 0.717) is 0 Å². The maximum atomic E-state index is 11.1. The summed E-state index contributed by atoms with van der Waals surface area (Å²) >= 11 is 0. The lowest BCUT2D eigenvalue weighted by Crippen LogP contribution is -2.41. The zero-order valence-corrected chi connectivity index (χ0v) is 9.83. The van der Waals surface area contributed by atoms with E-state index < -0.39 is 5.97 Å². The lowest BCUT2D eigenvalue weighted by Gasteiger charge is -2.11. The van der Waals surface area contributed by atoms with Gasteiger partial charge in [0.2, 0.25) is 0 Å². The number of carbonyl (C=O) groups is 1. The van der Waals surface area contributed by atoms with Crippen molar-refractivity contribution in [1.82, 2.24) is 4.57 Å². The highest BCUT2D eigenvalue weighted by atomic mass is 16.4. The summed E-state index contributed by atoms with van der Waals surface area (Å²) in [6.07, 6.45) is 3.47. The van der Waals surface area contributed by atoms with Crippen molar-refractivity contribution in [2.75, 3.05) is 0 Å². The van der Waals surface area contributed by atoms with Crippen molar-refractivity contribution in [3.8, 4) is 0 Å². The highest BCUT2D eigenvalue weighted by Crippen LogP contribution is 2.17. The van der Waals surface area contributed by atoms with Crippen LogP contribution in [-0.2, 0) is 7.05 Å². The Balaban J connectivity index is 2.45. The fraction of sp³-hybridized carbons (Fsp3) is 0.231. The lowest BCUT2D eigenvalue weighted by molar-refractivity contribution is -0.675. The largest absolute Gasteiger partial charge is 0.538 e. The van der Waals surface area contributed by atoms with E-state index in [-0.39, 0.29) is 11.9 Å². The van der Waals surface area contributed by atoms with Gasteiger partial charge in [-0.3, -0.25) is 0 Å². The van der Waals surface area contributed by atoms with Gasteiger partial charge in [0, 0.05) is 0 Å². The number of aryl methyl sites for hydroxylation is 1. The van der Waals surface area contributed by atoms with Crippen LogP contribution in [0.1, 0.15) is 29.1 Å². The number of carboxylic acids is 1. The molecule has 1 unspecified atom stereocenters. The lowest BCUT2D eigenvalue weighted by atomic mass is 10.1. The molecule has 0 aliphatic carbocycles. The molecule has 1 heterocycles. The smallest absolute Gasteiger partial charge is 0.305 e. The molecule has 1 aromatic carbocycles. The molecule has 4 heteroatoms. The van der Waals surface area contributed by atoms with E-state index in [1.807, 2.05) is 37.3 Å². The minimum absolute atomic E-state index is 0.0368. The quantitative estimate of drug-likeness (QED) is 0.711. The first-order valence-corrected chi connectivity index (χ1v) is 5.44. The summed E-state index contributed by atoms with van der Waals surface area (Å²) in [5.74, 6) is -0.998. The van der Waals surface area contributed by atoms with Crippen LogP contribution < -0.4 is 9.67 Å². The van der Waals surface area contributed by atoms with Gasteiger partial charge in [-0.15, -0.1) is 0 Å². The summed E-state index contributed by atoms with van der Waals surface area (Å²) in [6.45, 7) is 1.96. The minimum Gasteiger partial charge on any atom is -0.538 e. The highest BCUT2D eigenvalue weighted by Gasteiger charge is 2.21. The van der Waals surface area contributed by atoms with Gasteiger partial charge in [-0.1, -0.05) is 30.3 Å². The van der Waals surface area contributed by atoms with Crippen molar-refractivity contribution < 1.29 is 14.5 Å². The molecule has 0 bridgehead atoms. The molecule has 1 atom stereocenters. The number of benzene rings is 1. The molecular formula is C13H14N2O2. The Morgan fingerprint density at radius 1 is 1.35 bits per heavy atom. The Bertz CT molecular complexity index is 532. The van der Waals surface area contributed by atoms with E-state index in [1.165, 1.54) is 0 Å². The maximum Gasteiger partial charge on any atom is 0.305 e. The van der Waals surface area contributed by atoms with Gasteiger partial charge in [-0.2, -0.15) is 0 Å². The molecule has 1 aromatic heterocycles. The van der Waals surface area contributed by atoms with Crippen molar-refractivity contribution in [2.45, 2.75) is 13.0 Å². The third kappa shape index (κ3) is 2.06. The molecule has 0 radical (unpaired) electrons. The molecule has 0 aliphatic rings. The summed E-state index contributed by atoms with van der Waals surface area (Å²) in [4.78, 5) is 11.1. The van der Waals surface area contributed by atoms with E-state index in [2.05, 4.69) is 0 Å². The van der Waals surface area contributed by atoms with Crippen LogP contribution >= 0.6 is 0 Å². The zero-order chi connectivity index (χ0) is 12.4. The average Bonchev–Trinajstić information content (AvgIpc) is 2.71. The van der Waals surface area contributed by atoms with Gasteiger partial charge in [0.25, 0.3) is 0 Å². The van der Waals surface area contributed by atoms with Crippen LogP contribution in [0, 0.1) is 0 Å². The van der Waals surface area contributed by atoms with E-state index in [4.69, 9.17) is 0 Å². The summed E-state index contributed by atoms with van der Waals surface area (Å²) in [6, 6.07) is 9.73. The van der Waals surface area contributed by atoms with Crippen molar-refractivity contribution in [2.24, 2.45) is 7.05 Å². The van der Waals surface area contributed by atoms with Gasteiger partial charge in [-0.05, 0) is 12.5 Å². The molecular weight excluding hydrogens is 216 g/mol. The first-order chi connectivity index (χ1) is 8.11. The number of hydrogen-bond acceptors (Lipinski definition) is 2. The fourth-order valence-electron chi connectivity index (χ4n) is 1.95. The van der Waals surface area contributed by atoms with Gasteiger partial charge in [-0.25, -0.2) is 9.13 Å². The molecule has 0 aliphatic heterocycles. The SMILES string of the molecule is CC(c1ccccc1)n1cc[n+](C)c1C(=O)[O-]. The second-order valence-electron chi connectivity index (χ2n) is 4.01. The first-order valence-electron chi connectivity index (χ1n) is 5.44. The number of hydrogen-bond donors (Lipinski definition) is 0. The van der Waals surface area contributed by atoms with Gasteiger partial charge in [0.05, 0.1) is 7.05 Å². The molecule has 17 heavy (non-hydrogen) atoms. The van der Waals surface area contributed by atoms with E-state index in [1.54, 1.807) is 28.6 Å². The number of carboxylic acid groups (broad SMARTS) is 1. The maximum absolute atomic E-state index is 11.1. The van der Waals surface area contributed by atoms with Crippen LogP contribution in [0.5, 0.6) is 0 Å². The van der Waals surface area contributed by atoms with Crippen molar-refractivity contribution in [3.63, 3.8) is 0 Å². The Morgan fingerprint density at radius 2 is 2.00 bits per heavy atom. The summed E-state index contributed by atoms with van der Waals surface area (Å²) in [5, 5.41) is 11.1. The molecule has 0 saturated carbocycles. The molecule has 2 rings (SSSR count). The molecule has 4 nitrogen and oxygen atoms in total. The molecule has 0 amide bonds. The Hall–Kier alpha value is -2.10. The van der Waals surface area contributed by atoms with Crippen LogP contribution in [0.2, 0.25) is 0 Å². The first kappa shape index (κ1) is 11.4. The number of nitrogens with zero attached hydrogens (tertiary/aromatic N) is 2. The van der Waals surface area contributed by atoms with Gasteiger partial charge < -0.3 is 9.90 Å². The Kier molecular flexibility index (Phi) is 2.95. The second-order valence-corrected chi connectivity index (χ2v) is 4.01. The van der Waals surface area contributed by atoms with Crippen molar-refractivity contribution in [1.29, 1.82) is 0 Å². The molecule has 0 spiro atoms. The third-order valence-electron chi connectivity index (χ3n) is 2.91. The standard InChI is InChI=1S/C13H14N2O2/c1-10(11-6-4-3-5-7-11)15-9-8-14(2)12(15)13(16)17/h3-10H,1-2H3. The van der Waals surface area contributed by atoms with E-state index in [0.717, 1.165) is 5.56 Å². The van der Waals surface area contributed by atoms with Crippen LogP contribution in [0.15, 0.2) is 42.7 Å². The molecule has 0 saturated heterocycles. The minimum atomic E-state index is -1.17. The fourth-order valence-corrected chi connectivity index (χ4v) is 1.95. The van der Waals surface area contributed by atoms with Gasteiger partial charge in [0.1, 0.15) is 18.4 Å².